The van der Waals surface area contributed by atoms with E-state index >= 15 is 0 Å². The third kappa shape index (κ3) is 3.40. The van der Waals surface area contributed by atoms with Crippen LogP contribution in [-0.4, -0.2) is 8.97 Å². The third-order valence-corrected chi connectivity index (χ3v) is 9.64. The zero-order valence-electron chi connectivity index (χ0n) is 24.8. The molecule has 3 aromatic heterocycles. The van der Waals surface area contributed by atoms with Crippen LogP contribution < -0.4 is 5.56 Å². The first-order valence-electron chi connectivity index (χ1n) is 15.7. The average Bonchev–Trinajstić information content (AvgIpc) is 3.64. The number of rotatable bonds is 3. The van der Waals surface area contributed by atoms with Crippen molar-refractivity contribution in [3.05, 3.63) is 168 Å². The highest BCUT2D eigenvalue weighted by molar-refractivity contribution is 6.21. The Balaban J connectivity index is 1.26. The summed E-state index contributed by atoms with van der Waals surface area (Å²) in [4.78, 5) is 13.8. The summed E-state index contributed by atoms with van der Waals surface area (Å²) in [5, 5.41) is 7.50. The monoisotopic (exact) mass is 586 g/mol. The predicted octanol–water partition coefficient (Wildman–Crippen LogP) is 10.6. The van der Waals surface area contributed by atoms with Crippen LogP contribution in [0.4, 0.5) is 0 Å². The van der Waals surface area contributed by atoms with E-state index < -0.39 is 0 Å². The van der Waals surface area contributed by atoms with Crippen LogP contribution in [0.2, 0.25) is 0 Å². The molecule has 3 heterocycles. The largest absolute Gasteiger partial charge is 0.309 e. The van der Waals surface area contributed by atoms with E-state index in [1.54, 1.807) is 0 Å². The Hall–Kier alpha value is -6.19. The molecule has 3 heteroatoms. The summed E-state index contributed by atoms with van der Waals surface area (Å²) >= 11 is 0. The lowest BCUT2D eigenvalue weighted by Gasteiger charge is -2.12. The van der Waals surface area contributed by atoms with Gasteiger partial charge in [0.05, 0.1) is 22.1 Å². The maximum Gasteiger partial charge on any atom is 0.263 e. The Bertz CT molecular complexity index is 2880. The van der Waals surface area contributed by atoms with Crippen molar-refractivity contribution in [2.24, 2.45) is 0 Å². The van der Waals surface area contributed by atoms with Crippen molar-refractivity contribution in [1.29, 1.82) is 0 Å². The Morgan fingerprint density at radius 2 is 1.00 bits per heavy atom. The van der Waals surface area contributed by atoms with E-state index in [0.29, 0.717) is 0 Å². The van der Waals surface area contributed by atoms with E-state index in [1.165, 1.54) is 32.9 Å². The van der Waals surface area contributed by atoms with Crippen molar-refractivity contribution in [2.45, 2.75) is 0 Å². The van der Waals surface area contributed by atoms with E-state index in [9.17, 15) is 4.79 Å². The van der Waals surface area contributed by atoms with Crippen molar-refractivity contribution < 1.29 is 0 Å². The highest BCUT2D eigenvalue weighted by atomic mass is 16.1. The van der Waals surface area contributed by atoms with Gasteiger partial charge in [-0.1, -0.05) is 109 Å². The van der Waals surface area contributed by atoms with Gasteiger partial charge in [-0.2, -0.15) is 0 Å². The molecule has 0 N–H and O–H groups in total. The molecule has 0 spiro atoms. The van der Waals surface area contributed by atoms with Crippen LogP contribution >= 0.6 is 0 Å². The van der Waals surface area contributed by atoms with Crippen molar-refractivity contribution in [3.63, 3.8) is 0 Å². The van der Waals surface area contributed by atoms with Gasteiger partial charge in [-0.15, -0.1) is 0 Å². The lowest BCUT2D eigenvalue weighted by molar-refractivity contribution is 1.18. The second-order valence-corrected chi connectivity index (χ2v) is 12.1. The van der Waals surface area contributed by atoms with Gasteiger partial charge in [-0.3, -0.25) is 9.20 Å². The number of aromatic nitrogens is 2. The molecule has 0 atom stereocenters. The minimum Gasteiger partial charge on any atom is -0.309 e. The molecule has 0 saturated heterocycles. The van der Waals surface area contributed by atoms with Gasteiger partial charge < -0.3 is 4.57 Å². The fourth-order valence-electron chi connectivity index (χ4n) is 7.69. The van der Waals surface area contributed by atoms with E-state index in [4.69, 9.17) is 0 Å². The molecule has 0 aliphatic heterocycles. The second kappa shape index (κ2) is 9.40. The minimum absolute atomic E-state index is 0.0327. The van der Waals surface area contributed by atoms with Gasteiger partial charge in [-0.05, 0) is 76.2 Å². The van der Waals surface area contributed by atoms with E-state index in [-0.39, 0.29) is 5.56 Å². The molecule has 0 aliphatic carbocycles. The van der Waals surface area contributed by atoms with Crippen molar-refractivity contribution in [2.75, 3.05) is 0 Å². The number of benzene rings is 7. The summed E-state index contributed by atoms with van der Waals surface area (Å²) in [6.45, 7) is 0. The first-order valence-corrected chi connectivity index (χ1v) is 15.7. The Labute approximate surface area is 264 Å². The molecule has 7 aromatic carbocycles. The molecular formula is C43H26N2O. The van der Waals surface area contributed by atoms with Crippen LogP contribution in [0.5, 0.6) is 0 Å². The number of nitrogens with zero attached hydrogens (tertiary/aromatic N) is 2. The van der Waals surface area contributed by atoms with E-state index in [1.807, 2.05) is 28.7 Å². The van der Waals surface area contributed by atoms with Crippen LogP contribution in [0.25, 0.3) is 87.7 Å². The molecule has 0 aliphatic rings. The molecule has 214 valence electrons. The first-order chi connectivity index (χ1) is 22.8. The van der Waals surface area contributed by atoms with E-state index in [0.717, 1.165) is 54.8 Å². The molecule has 0 radical (unpaired) electrons. The zero-order chi connectivity index (χ0) is 30.4. The number of hydrogen-bond acceptors (Lipinski definition) is 1. The number of para-hydroxylation sites is 2. The lowest BCUT2D eigenvalue weighted by Crippen LogP contribution is -2.12. The van der Waals surface area contributed by atoms with Gasteiger partial charge in [0.25, 0.3) is 5.56 Å². The average molecular weight is 587 g/mol. The van der Waals surface area contributed by atoms with Crippen molar-refractivity contribution in [1.82, 2.24) is 8.97 Å². The van der Waals surface area contributed by atoms with Gasteiger partial charge in [-0.25, -0.2) is 0 Å². The lowest BCUT2D eigenvalue weighted by atomic mass is 9.97. The predicted molar refractivity (Wildman–Crippen MR) is 193 cm³/mol. The molecule has 3 nitrogen and oxygen atoms in total. The van der Waals surface area contributed by atoms with Gasteiger partial charge >= 0.3 is 0 Å². The SMILES string of the molecule is O=c1c2ccccc2c2cc(-c3cccc(-n4c5ccccc5c5c(-c6ccccc6)cccc54)c3)cc3c4ccccc4n1c23. The maximum absolute atomic E-state index is 13.8. The first kappa shape index (κ1) is 25.2. The minimum atomic E-state index is 0.0327. The molecule has 0 saturated carbocycles. The highest BCUT2D eigenvalue weighted by Gasteiger charge is 2.19. The fourth-order valence-corrected chi connectivity index (χ4v) is 7.69. The molecule has 0 fully saturated rings. The molecule has 10 aromatic rings. The summed E-state index contributed by atoms with van der Waals surface area (Å²) in [5.74, 6) is 0. The Morgan fingerprint density at radius 1 is 0.391 bits per heavy atom. The van der Waals surface area contributed by atoms with Crippen molar-refractivity contribution >= 4 is 59.8 Å². The van der Waals surface area contributed by atoms with Crippen molar-refractivity contribution in [3.8, 4) is 27.9 Å². The number of hydrogen-bond donors (Lipinski definition) is 0. The quantitative estimate of drug-likeness (QED) is 0.189. The van der Waals surface area contributed by atoms with Crippen LogP contribution in [0.3, 0.4) is 0 Å². The van der Waals surface area contributed by atoms with Gasteiger partial charge in [0.1, 0.15) is 0 Å². The Morgan fingerprint density at radius 3 is 1.83 bits per heavy atom. The van der Waals surface area contributed by atoms with Crippen LogP contribution in [0.15, 0.2) is 163 Å². The summed E-state index contributed by atoms with van der Waals surface area (Å²) in [7, 11) is 0. The van der Waals surface area contributed by atoms with Crippen LogP contribution in [0.1, 0.15) is 0 Å². The maximum atomic E-state index is 13.8. The molecule has 0 unspecified atom stereocenters. The normalized spacial score (nSPS) is 12.0. The van der Waals surface area contributed by atoms with Gasteiger partial charge in [0.15, 0.2) is 0 Å². The molecule has 0 amide bonds. The Kier molecular flexibility index (Phi) is 5.15. The highest BCUT2D eigenvalue weighted by Crippen LogP contribution is 2.41. The molecule has 10 rings (SSSR count). The molecule has 0 bridgehead atoms. The summed E-state index contributed by atoms with van der Waals surface area (Å²) in [6, 6.07) is 55.6. The second-order valence-electron chi connectivity index (χ2n) is 12.1. The van der Waals surface area contributed by atoms with Crippen LogP contribution in [0, 0.1) is 0 Å². The topological polar surface area (TPSA) is 26.4 Å². The number of pyridine rings is 1. The van der Waals surface area contributed by atoms with E-state index in [2.05, 4.69) is 138 Å². The van der Waals surface area contributed by atoms with Gasteiger partial charge in [0.2, 0.25) is 0 Å². The number of fused-ring (bicyclic) bond motifs is 8. The molecule has 46 heavy (non-hydrogen) atoms. The zero-order valence-corrected chi connectivity index (χ0v) is 24.8. The van der Waals surface area contributed by atoms with Crippen LogP contribution in [-0.2, 0) is 0 Å². The fraction of sp³-hybridized carbons (Fsp3) is 0. The summed E-state index contributed by atoms with van der Waals surface area (Å²) in [5.41, 5.74) is 10.1. The smallest absolute Gasteiger partial charge is 0.263 e. The van der Waals surface area contributed by atoms with Gasteiger partial charge in [0, 0.05) is 38.0 Å². The summed E-state index contributed by atoms with van der Waals surface area (Å²) < 4.78 is 4.30. The summed E-state index contributed by atoms with van der Waals surface area (Å²) in [6.07, 6.45) is 0. The molecular weight excluding hydrogens is 560 g/mol. The standard InChI is InChI=1S/C43H26N2O/c46-43-34-18-5-4-16-32(34)36-25-29(26-37-33-17-6-8-21-38(33)45(43)42(36)37)28-14-10-15-30(24-28)44-39-22-9-7-19-35(39)41-31(20-11-23-40(41)44)27-12-2-1-3-13-27/h1-26H. The third-order valence-electron chi connectivity index (χ3n) is 9.64.